The van der Waals surface area contributed by atoms with E-state index < -0.39 is 18.0 Å². The van der Waals surface area contributed by atoms with Crippen LogP contribution in [0.5, 0.6) is 17.2 Å². The number of nitrogens with one attached hydrogen (secondary N) is 1. The zero-order valence-corrected chi connectivity index (χ0v) is 15.0. The molecule has 0 saturated heterocycles. The number of phenolic OH excluding ortho intramolecular Hbond substituents is 1. The molecule has 0 aliphatic heterocycles. The lowest BCUT2D eigenvalue weighted by molar-refractivity contribution is -0.123. The number of hydrogen-bond donors (Lipinski definition) is 2. The maximum Gasteiger partial charge on any atom is 0.339 e. The molecule has 0 aromatic heterocycles. The van der Waals surface area contributed by atoms with Gasteiger partial charge in [-0.3, -0.25) is 4.79 Å². The van der Waals surface area contributed by atoms with Gasteiger partial charge in [-0.2, -0.15) is 0 Å². The maximum atomic E-state index is 12.3. The second kappa shape index (κ2) is 8.24. The van der Waals surface area contributed by atoms with E-state index in [1.807, 2.05) is 0 Å². The van der Waals surface area contributed by atoms with Crippen molar-refractivity contribution < 1.29 is 28.9 Å². The Kier molecular flexibility index (Phi) is 6.06. The molecule has 0 saturated carbocycles. The number of aromatic hydroxyl groups is 1. The van der Waals surface area contributed by atoms with Crippen LogP contribution in [-0.4, -0.2) is 37.3 Å². The minimum absolute atomic E-state index is 0.0139. The van der Waals surface area contributed by atoms with Crippen LogP contribution in [0.4, 0.5) is 5.69 Å². The Labute approximate surface area is 151 Å². The highest BCUT2D eigenvalue weighted by molar-refractivity contribution is 5.97. The van der Waals surface area contributed by atoms with Gasteiger partial charge in [0.25, 0.3) is 5.91 Å². The molecule has 2 aromatic rings. The number of phenols is 1. The number of anilines is 1. The first kappa shape index (κ1) is 19.1. The van der Waals surface area contributed by atoms with Gasteiger partial charge >= 0.3 is 5.97 Å². The fourth-order valence-electron chi connectivity index (χ4n) is 2.14. The summed E-state index contributed by atoms with van der Waals surface area (Å²) in [5.74, 6) is -0.199. The molecule has 0 heterocycles. The number of methoxy groups -OCH3 is 2. The average molecular weight is 359 g/mol. The van der Waals surface area contributed by atoms with Crippen molar-refractivity contribution in [2.45, 2.75) is 20.0 Å². The number of esters is 1. The van der Waals surface area contributed by atoms with E-state index in [9.17, 15) is 14.7 Å². The Morgan fingerprint density at radius 1 is 1.04 bits per heavy atom. The van der Waals surface area contributed by atoms with Gasteiger partial charge in [0.05, 0.1) is 19.8 Å². The molecule has 2 rings (SSSR count). The Hall–Kier alpha value is -3.22. The van der Waals surface area contributed by atoms with Crippen molar-refractivity contribution in [1.29, 1.82) is 0 Å². The standard InChI is InChI=1S/C19H21NO6/c1-11-5-6-13(7-17(11)21)19(23)26-12(2)18(22)20-14-8-15(24-3)10-16(9-14)25-4/h5-10,12,21H,1-4H3,(H,20,22). The number of amides is 1. The highest BCUT2D eigenvalue weighted by atomic mass is 16.5. The lowest BCUT2D eigenvalue weighted by Gasteiger charge is -2.15. The molecule has 0 aliphatic carbocycles. The van der Waals surface area contributed by atoms with Crippen molar-refractivity contribution in [2.24, 2.45) is 0 Å². The van der Waals surface area contributed by atoms with Crippen LogP contribution in [0.3, 0.4) is 0 Å². The number of benzene rings is 2. The average Bonchev–Trinajstić information content (AvgIpc) is 2.63. The van der Waals surface area contributed by atoms with E-state index in [0.717, 1.165) is 0 Å². The first-order chi connectivity index (χ1) is 12.3. The van der Waals surface area contributed by atoms with Gasteiger partial charge in [-0.1, -0.05) is 6.07 Å². The van der Waals surface area contributed by atoms with Crippen LogP contribution in [-0.2, 0) is 9.53 Å². The molecule has 1 amide bonds. The molecule has 7 nitrogen and oxygen atoms in total. The van der Waals surface area contributed by atoms with Crippen LogP contribution in [0.2, 0.25) is 0 Å². The van der Waals surface area contributed by atoms with Gasteiger partial charge in [0.1, 0.15) is 17.2 Å². The Bertz CT molecular complexity index is 795. The highest BCUT2D eigenvalue weighted by Crippen LogP contribution is 2.26. The van der Waals surface area contributed by atoms with E-state index in [1.165, 1.54) is 33.3 Å². The predicted octanol–water partition coefficient (Wildman–Crippen LogP) is 2.90. The van der Waals surface area contributed by atoms with Gasteiger partial charge in [-0.15, -0.1) is 0 Å². The zero-order chi connectivity index (χ0) is 19.3. The summed E-state index contributed by atoms with van der Waals surface area (Å²) in [6.45, 7) is 3.17. The Balaban J connectivity index is 2.05. The fourth-order valence-corrected chi connectivity index (χ4v) is 2.14. The van der Waals surface area contributed by atoms with E-state index in [1.54, 1.807) is 31.2 Å². The molecular formula is C19H21NO6. The normalized spacial score (nSPS) is 11.4. The van der Waals surface area contributed by atoms with E-state index in [2.05, 4.69) is 5.32 Å². The molecule has 1 atom stereocenters. The molecule has 0 bridgehead atoms. The summed E-state index contributed by atoms with van der Waals surface area (Å²) >= 11 is 0. The maximum absolute atomic E-state index is 12.3. The number of aryl methyl sites for hydroxylation is 1. The largest absolute Gasteiger partial charge is 0.508 e. The van der Waals surface area contributed by atoms with Gasteiger partial charge in [-0.25, -0.2) is 4.79 Å². The molecular weight excluding hydrogens is 338 g/mol. The van der Waals surface area contributed by atoms with E-state index in [0.29, 0.717) is 22.7 Å². The van der Waals surface area contributed by atoms with Crippen LogP contribution < -0.4 is 14.8 Å². The van der Waals surface area contributed by atoms with Crippen LogP contribution in [0.1, 0.15) is 22.8 Å². The second-order valence-corrected chi connectivity index (χ2v) is 5.64. The Morgan fingerprint density at radius 3 is 2.19 bits per heavy atom. The third-order valence-corrected chi connectivity index (χ3v) is 3.72. The number of carbonyl (C=O) groups excluding carboxylic acids is 2. The molecule has 7 heteroatoms. The fraction of sp³-hybridized carbons (Fsp3) is 0.263. The van der Waals surface area contributed by atoms with Gasteiger partial charge in [0.15, 0.2) is 6.10 Å². The van der Waals surface area contributed by atoms with Crippen molar-refractivity contribution in [2.75, 3.05) is 19.5 Å². The summed E-state index contributed by atoms with van der Waals surface area (Å²) in [4.78, 5) is 24.4. The minimum Gasteiger partial charge on any atom is -0.508 e. The number of hydrogen-bond acceptors (Lipinski definition) is 6. The van der Waals surface area contributed by atoms with Gasteiger partial charge in [0, 0.05) is 23.9 Å². The van der Waals surface area contributed by atoms with Crippen LogP contribution in [0, 0.1) is 6.92 Å². The summed E-state index contributed by atoms with van der Waals surface area (Å²) in [6.07, 6.45) is -1.04. The van der Waals surface area contributed by atoms with E-state index >= 15 is 0 Å². The van der Waals surface area contributed by atoms with Crippen molar-refractivity contribution in [3.05, 3.63) is 47.5 Å². The Morgan fingerprint density at radius 2 is 1.65 bits per heavy atom. The predicted molar refractivity (Wildman–Crippen MR) is 95.9 cm³/mol. The van der Waals surface area contributed by atoms with Crippen molar-refractivity contribution >= 4 is 17.6 Å². The van der Waals surface area contributed by atoms with Gasteiger partial charge in [0.2, 0.25) is 0 Å². The first-order valence-corrected chi connectivity index (χ1v) is 7.88. The lowest BCUT2D eigenvalue weighted by Crippen LogP contribution is -2.30. The number of rotatable bonds is 6. The molecule has 0 fully saturated rings. The van der Waals surface area contributed by atoms with Crippen LogP contribution in [0.25, 0.3) is 0 Å². The molecule has 0 radical (unpaired) electrons. The summed E-state index contributed by atoms with van der Waals surface area (Å²) in [6, 6.07) is 9.33. The lowest BCUT2D eigenvalue weighted by atomic mass is 10.1. The SMILES string of the molecule is COc1cc(NC(=O)C(C)OC(=O)c2ccc(C)c(O)c2)cc(OC)c1. The van der Waals surface area contributed by atoms with E-state index in [4.69, 9.17) is 14.2 Å². The third-order valence-electron chi connectivity index (χ3n) is 3.72. The van der Waals surface area contributed by atoms with Gasteiger partial charge < -0.3 is 24.6 Å². The molecule has 1 unspecified atom stereocenters. The van der Waals surface area contributed by atoms with E-state index in [-0.39, 0.29) is 11.3 Å². The molecule has 2 aromatic carbocycles. The summed E-state index contributed by atoms with van der Waals surface area (Å²) in [7, 11) is 3.00. The number of ether oxygens (including phenoxy) is 3. The molecule has 26 heavy (non-hydrogen) atoms. The minimum atomic E-state index is -1.04. The smallest absolute Gasteiger partial charge is 0.339 e. The summed E-state index contributed by atoms with van der Waals surface area (Å²) in [5, 5.41) is 12.3. The summed E-state index contributed by atoms with van der Waals surface area (Å²) < 4.78 is 15.4. The zero-order valence-electron chi connectivity index (χ0n) is 15.0. The van der Waals surface area contributed by atoms with Crippen molar-refractivity contribution in [3.63, 3.8) is 0 Å². The van der Waals surface area contributed by atoms with Crippen molar-refractivity contribution in [3.8, 4) is 17.2 Å². The topological polar surface area (TPSA) is 94.1 Å². The van der Waals surface area contributed by atoms with Crippen LogP contribution in [0.15, 0.2) is 36.4 Å². The van der Waals surface area contributed by atoms with Gasteiger partial charge in [-0.05, 0) is 31.5 Å². The van der Waals surface area contributed by atoms with Crippen LogP contribution >= 0.6 is 0 Å². The van der Waals surface area contributed by atoms with Crippen molar-refractivity contribution in [1.82, 2.24) is 0 Å². The highest BCUT2D eigenvalue weighted by Gasteiger charge is 2.20. The molecule has 0 aliphatic rings. The first-order valence-electron chi connectivity index (χ1n) is 7.88. The number of carbonyl (C=O) groups is 2. The monoisotopic (exact) mass is 359 g/mol. The quantitative estimate of drug-likeness (QED) is 0.770. The third kappa shape index (κ3) is 4.66. The molecule has 0 spiro atoms. The molecule has 138 valence electrons. The summed E-state index contributed by atoms with van der Waals surface area (Å²) in [5.41, 5.74) is 1.25. The molecule has 2 N–H and O–H groups in total. The second-order valence-electron chi connectivity index (χ2n) is 5.64.